The van der Waals surface area contributed by atoms with Crippen LogP contribution in [-0.2, 0) is 26.2 Å². The van der Waals surface area contributed by atoms with Crippen LogP contribution in [0.4, 0.5) is 5.69 Å². The van der Waals surface area contributed by atoms with Gasteiger partial charge in [0.1, 0.15) is 18.3 Å². The average molecular weight is 530 g/mol. The van der Waals surface area contributed by atoms with Gasteiger partial charge in [0.05, 0.1) is 18.6 Å². The van der Waals surface area contributed by atoms with E-state index in [1.165, 1.54) is 11.9 Å². The van der Waals surface area contributed by atoms with E-state index < -0.39 is 28.5 Å². The molecule has 0 saturated heterocycles. The fraction of sp³-hybridized carbons (Fsp3) is 0.391. The minimum absolute atomic E-state index is 0.0653. The second-order valence-corrected chi connectivity index (χ2v) is 10.2. The number of rotatable bonds is 11. The molecule has 0 saturated carbocycles. The van der Waals surface area contributed by atoms with Crippen LogP contribution in [0.3, 0.4) is 0 Å². The van der Waals surface area contributed by atoms with Gasteiger partial charge in [-0.05, 0) is 49.7 Å². The van der Waals surface area contributed by atoms with E-state index in [9.17, 15) is 18.0 Å². The fourth-order valence-electron chi connectivity index (χ4n) is 3.43. The molecule has 0 unspecified atom stereocenters. The number of carbonyl (C=O) groups is 2. The van der Waals surface area contributed by atoms with Gasteiger partial charge in [0, 0.05) is 29.2 Å². The maximum atomic E-state index is 13.5. The van der Waals surface area contributed by atoms with Crippen LogP contribution in [0.2, 0.25) is 10.0 Å². The van der Waals surface area contributed by atoms with Crippen molar-refractivity contribution >= 4 is 50.7 Å². The third-order valence-corrected chi connectivity index (χ3v) is 6.99. The first-order chi connectivity index (χ1) is 16.0. The lowest BCUT2D eigenvalue weighted by Crippen LogP contribution is -2.51. The Labute approximate surface area is 210 Å². The van der Waals surface area contributed by atoms with Gasteiger partial charge in [0.15, 0.2) is 0 Å². The van der Waals surface area contributed by atoms with Crippen molar-refractivity contribution in [3.63, 3.8) is 0 Å². The molecule has 2 aromatic rings. The maximum absolute atomic E-state index is 13.5. The zero-order valence-corrected chi connectivity index (χ0v) is 21.9. The normalized spacial score (nSPS) is 12.1. The van der Waals surface area contributed by atoms with Crippen LogP contribution in [0.1, 0.15) is 25.8 Å². The summed E-state index contributed by atoms with van der Waals surface area (Å²) in [6.45, 7) is 3.48. The molecule has 0 aliphatic carbocycles. The molecule has 11 heteroatoms. The van der Waals surface area contributed by atoms with Gasteiger partial charge in [0.25, 0.3) is 0 Å². The SMILES string of the molecule is CCOc1ccc(N(CC(=O)N(Cc2c(Cl)cccc2Cl)[C@H](CC)C(=O)NC)S(C)(=O)=O)cc1. The molecule has 34 heavy (non-hydrogen) atoms. The lowest BCUT2D eigenvalue weighted by molar-refractivity contribution is -0.140. The van der Waals surface area contributed by atoms with E-state index in [-0.39, 0.29) is 12.5 Å². The molecular formula is C23H29Cl2N3O5S. The van der Waals surface area contributed by atoms with Crippen LogP contribution in [0.25, 0.3) is 0 Å². The molecule has 186 valence electrons. The zero-order chi connectivity index (χ0) is 25.5. The molecule has 0 radical (unpaired) electrons. The summed E-state index contributed by atoms with van der Waals surface area (Å²) in [4.78, 5) is 27.4. The molecule has 0 heterocycles. The number of halogens is 2. The van der Waals surface area contributed by atoms with Crippen LogP contribution in [0.15, 0.2) is 42.5 Å². The number of likely N-dealkylation sites (N-methyl/N-ethyl adjacent to an activating group) is 1. The number of amides is 2. The second-order valence-electron chi connectivity index (χ2n) is 7.46. The molecule has 0 aliphatic rings. The highest BCUT2D eigenvalue weighted by Crippen LogP contribution is 2.28. The molecule has 0 fully saturated rings. The summed E-state index contributed by atoms with van der Waals surface area (Å²) in [5, 5.41) is 3.23. The number of nitrogens with zero attached hydrogens (tertiary/aromatic N) is 2. The second kappa shape index (κ2) is 12.3. The van der Waals surface area contributed by atoms with E-state index in [1.807, 2.05) is 6.92 Å². The summed E-state index contributed by atoms with van der Waals surface area (Å²) in [6.07, 6.45) is 1.32. The largest absolute Gasteiger partial charge is 0.494 e. The third-order valence-electron chi connectivity index (χ3n) is 5.14. The Kier molecular flexibility index (Phi) is 10.0. The van der Waals surface area contributed by atoms with Crippen LogP contribution < -0.4 is 14.4 Å². The lowest BCUT2D eigenvalue weighted by atomic mass is 10.1. The molecule has 8 nitrogen and oxygen atoms in total. The molecule has 0 spiro atoms. The Morgan fingerprint density at radius 1 is 1.06 bits per heavy atom. The number of ether oxygens (including phenoxy) is 1. The summed E-state index contributed by atoms with van der Waals surface area (Å²) < 4.78 is 31.6. The quantitative estimate of drug-likeness (QED) is 0.478. The first-order valence-electron chi connectivity index (χ1n) is 10.7. The van der Waals surface area contributed by atoms with Gasteiger partial charge in [-0.3, -0.25) is 13.9 Å². The summed E-state index contributed by atoms with van der Waals surface area (Å²) in [7, 11) is -2.36. The van der Waals surface area contributed by atoms with Gasteiger partial charge in [-0.25, -0.2) is 8.42 Å². The van der Waals surface area contributed by atoms with Gasteiger partial charge in [-0.1, -0.05) is 36.2 Å². The van der Waals surface area contributed by atoms with Gasteiger partial charge in [-0.15, -0.1) is 0 Å². The molecule has 0 aliphatic heterocycles. The maximum Gasteiger partial charge on any atom is 0.244 e. The Bertz CT molecular complexity index is 1090. The number of carbonyl (C=O) groups excluding carboxylic acids is 2. The smallest absolute Gasteiger partial charge is 0.244 e. The molecule has 2 rings (SSSR count). The standard InChI is InChI=1S/C23H29Cl2N3O5S/c1-5-21(23(30)26-3)27(14-18-19(24)8-7-9-20(18)25)22(29)15-28(34(4,31)32)16-10-12-17(13-11-16)33-6-2/h7-13,21H,5-6,14-15H2,1-4H3,(H,26,30)/t21-/m1/s1. The average Bonchev–Trinajstić information content (AvgIpc) is 2.79. The van der Waals surface area contributed by atoms with E-state index in [0.717, 1.165) is 10.6 Å². The predicted octanol–water partition coefficient (Wildman–Crippen LogP) is 3.71. The molecule has 2 amide bonds. The van der Waals surface area contributed by atoms with Crippen LogP contribution in [-0.4, -0.2) is 57.6 Å². The van der Waals surface area contributed by atoms with Crippen molar-refractivity contribution in [3.05, 3.63) is 58.1 Å². The molecule has 1 N–H and O–H groups in total. The van der Waals surface area contributed by atoms with Gasteiger partial charge in [-0.2, -0.15) is 0 Å². The predicted molar refractivity (Wildman–Crippen MR) is 135 cm³/mol. The molecule has 0 bridgehead atoms. The number of hydrogen-bond donors (Lipinski definition) is 1. The zero-order valence-electron chi connectivity index (χ0n) is 19.5. The minimum Gasteiger partial charge on any atom is -0.494 e. The van der Waals surface area contributed by atoms with Crippen molar-refractivity contribution < 1.29 is 22.7 Å². The number of anilines is 1. The van der Waals surface area contributed by atoms with Crippen molar-refractivity contribution in [2.45, 2.75) is 32.9 Å². The molecule has 1 atom stereocenters. The van der Waals surface area contributed by atoms with E-state index in [4.69, 9.17) is 27.9 Å². The van der Waals surface area contributed by atoms with E-state index in [0.29, 0.717) is 40.1 Å². The molecular weight excluding hydrogens is 501 g/mol. The summed E-state index contributed by atoms with van der Waals surface area (Å²) in [6, 6.07) is 10.5. The Balaban J connectivity index is 2.45. The topological polar surface area (TPSA) is 96.0 Å². The third kappa shape index (κ3) is 7.01. The van der Waals surface area contributed by atoms with Crippen molar-refractivity contribution in [1.82, 2.24) is 10.2 Å². The number of hydrogen-bond acceptors (Lipinski definition) is 5. The first kappa shape index (κ1) is 27.8. The van der Waals surface area contributed by atoms with E-state index in [1.54, 1.807) is 49.4 Å². The highest BCUT2D eigenvalue weighted by Gasteiger charge is 2.32. The Hall–Kier alpha value is -2.49. The highest BCUT2D eigenvalue weighted by atomic mass is 35.5. The van der Waals surface area contributed by atoms with Gasteiger partial charge < -0.3 is 15.0 Å². The van der Waals surface area contributed by atoms with E-state index in [2.05, 4.69) is 5.32 Å². The molecule has 0 aromatic heterocycles. The van der Waals surface area contributed by atoms with Crippen LogP contribution in [0, 0.1) is 0 Å². The van der Waals surface area contributed by atoms with Crippen LogP contribution in [0.5, 0.6) is 5.75 Å². The molecule has 2 aromatic carbocycles. The van der Waals surface area contributed by atoms with Crippen molar-refractivity contribution in [2.24, 2.45) is 0 Å². The van der Waals surface area contributed by atoms with Gasteiger partial charge >= 0.3 is 0 Å². The lowest BCUT2D eigenvalue weighted by Gasteiger charge is -2.33. The van der Waals surface area contributed by atoms with Crippen molar-refractivity contribution in [2.75, 3.05) is 30.8 Å². The number of nitrogens with one attached hydrogen (secondary N) is 1. The highest BCUT2D eigenvalue weighted by molar-refractivity contribution is 7.92. The number of benzene rings is 2. The van der Waals surface area contributed by atoms with Gasteiger partial charge in [0.2, 0.25) is 21.8 Å². The Morgan fingerprint density at radius 3 is 2.12 bits per heavy atom. The monoisotopic (exact) mass is 529 g/mol. The Morgan fingerprint density at radius 2 is 1.65 bits per heavy atom. The fourth-order valence-corrected chi connectivity index (χ4v) is 4.80. The first-order valence-corrected chi connectivity index (χ1v) is 13.3. The summed E-state index contributed by atoms with van der Waals surface area (Å²) >= 11 is 12.6. The van der Waals surface area contributed by atoms with Crippen LogP contribution >= 0.6 is 23.2 Å². The van der Waals surface area contributed by atoms with Crippen molar-refractivity contribution in [3.8, 4) is 5.75 Å². The van der Waals surface area contributed by atoms with E-state index >= 15 is 0 Å². The summed E-state index contributed by atoms with van der Waals surface area (Å²) in [5.74, 6) is -0.386. The minimum atomic E-state index is -3.83. The summed E-state index contributed by atoms with van der Waals surface area (Å²) in [5.41, 5.74) is 0.761. The van der Waals surface area contributed by atoms with Crippen molar-refractivity contribution in [1.29, 1.82) is 0 Å². The number of sulfonamides is 1.